The molecule has 4 nitrogen and oxygen atoms in total. The van der Waals surface area contributed by atoms with Crippen LogP contribution in [0.5, 0.6) is 0 Å². The van der Waals surface area contributed by atoms with E-state index in [4.69, 9.17) is 9.72 Å². The first kappa shape index (κ1) is 12.4. The lowest BCUT2D eigenvalue weighted by atomic mass is 10.0. The predicted octanol–water partition coefficient (Wildman–Crippen LogP) is 1.99. The molecule has 0 amide bonds. The molecule has 1 aliphatic heterocycles. The number of hydrogen-bond acceptors (Lipinski definition) is 5. The van der Waals surface area contributed by atoms with E-state index in [9.17, 15) is 5.11 Å². The number of aliphatic hydroxyl groups is 1. The van der Waals surface area contributed by atoms with Crippen LogP contribution in [0.3, 0.4) is 0 Å². The Bertz CT molecular complexity index is 421. The zero-order valence-electron chi connectivity index (χ0n) is 10.8. The summed E-state index contributed by atoms with van der Waals surface area (Å²) in [4.78, 5) is 8.17. The standard InChI is InChI=1S/C13H20N2O2S/c1-17-8-9-5-6-15(7-9)13-14-10-3-2-4-11(16)12(10)18-13/h9,11,16H,2-8H2,1H3. The smallest absolute Gasteiger partial charge is 0.185 e. The molecule has 100 valence electrons. The number of hydrogen-bond donors (Lipinski definition) is 1. The normalized spacial score (nSPS) is 27.6. The molecular formula is C13H20N2O2S. The van der Waals surface area contributed by atoms with Crippen molar-refractivity contribution < 1.29 is 9.84 Å². The van der Waals surface area contributed by atoms with Gasteiger partial charge in [0, 0.05) is 26.1 Å². The van der Waals surface area contributed by atoms with Crippen LogP contribution in [0, 0.1) is 5.92 Å². The van der Waals surface area contributed by atoms with Gasteiger partial charge in [-0.1, -0.05) is 11.3 Å². The van der Waals surface area contributed by atoms with Crippen molar-refractivity contribution in [3.63, 3.8) is 0 Å². The van der Waals surface area contributed by atoms with Crippen molar-refractivity contribution in [2.75, 3.05) is 31.7 Å². The summed E-state index contributed by atoms with van der Waals surface area (Å²) in [5.74, 6) is 0.626. The average Bonchev–Trinajstić information content (AvgIpc) is 2.96. The number of thiazole rings is 1. The van der Waals surface area contributed by atoms with Crippen LogP contribution in [-0.2, 0) is 11.2 Å². The molecule has 0 radical (unpaired) electrons. The Hall–Kier alpha value is -0.650. The summed E-state index contributed by atoms with van der Waals surface area (Å²) < 4.78 is 5.22. The molecule has 1 saturated heterocycles. The van der Waals surface area contributed by atoms with E-state index in [-0.39, 0.29) is 6.10 Å². The Morgan fingerprint density at radius 3 is 3.17 bits per heavy atom. The van der Waals surface area contributed by atoms with Crippen LogP contribution in [0.2, 0.25) is 0 Å². The van der Waals surface area contributed by atoms with Crippen molar-refractivity contribution in [1.29, 1.82) is 0 Å². The summed E-state index contributed by atoms with van der Waals surface area (Å²) in [6.45, 7) is 2.94. The molecule has 1 aromatic heterocycles. The minimum atomic E-state index is -0.280. The van der Waals surface area contributed by atoms with E-state index in [1.54, 1.807) is 18.4 Å². The van der Waals surface area contributed by atoms with E-state index in [2.05, 4.69) is 4.90 Å². The van der Waals surface area contributed by atoms with Gasteiger partial charge in [0.25, 0.3) is 0 Å². The molecule has 0 saturated carbocycles. The number of methoxy groups -OCH3 is 1. The van der Waals surface area contributed by atoms with E-state index in [0.717, 1.165) is 54.7 Å². The van der Waals surface area contributed by atoms with Crippen LogP contribution in [0.4, 0.5) is 5.13 Å². The van der Waals surface area contributed by atoms with Gasteiger partial charge in [0.1, 0.15) is 0 Å². The third-order valence-corrected chi connectivity index (χ3v) is 5.13. The molecule has 1 aliphatic carbocycles. The number of nitrogens with zero attached hydrogens (tertiary/aromatic N) is 2. The lowest BCUT2D eigenvalue weighted by Gasteiger charge is -2.14. The zero-order valence-corrected chi connectivity index (χ0v) is 11.6. The monoisotopic (exact) mass is 268 g/mol. The van der Waals surface area contributed by atoms with E-state index in [1.165, 1.54) is 6.42 Å². The third kappa shape index (κ3) is 2.27. The van der Waals surface area contributed by atoms with Gasteiger partial charge < -0.3 is 14.7 Å². The summed E-state index contributed by atoms with van der Waals surface area (Å²) in [5.41, 5.74) is 1.13. The molecule has 1 N–H and O–H groups in total. The Kier molecular flexibility index (Phi) is 3.54. The molecule has 2 aliphatic rings. The van der Waals surface area contributed by atoms with Gasteiger partial charge in [0.15, 0.2) is 5.13 Å². The first-order chi connectivity index (χ1) is 8.78. The van der Waals surface area contributed by atoms with Crippen molar-refractivity contribution in [2.24, 2.45) is 5.92 Å². The van der Waals surface area contributed by atoms with Crippen LogP contribution in [0.1, 0.15) is 35.9 Å². The van der Waals surface area contributed by atoms with Crippen LogP contribution in [0.15, 0.2) is 0 Å². The van der Waals surface area contributed by atoms with Gasteiger partial charge in [-0.3, -0.25) is 0 Å². The van der Waals surface area contributed by atoms with Gasteiger partial charge >= 0.3 is 0 Å². The summed E-state index contributed by atoms with van der Waals surface area (Å²) >= 11 is 1.68. The fraction of sp³-hybridized carbons (Fsp3) is 0.769. The maximum Gasteiger partial charge on any atom is 0.185 e. The Labute approximate surface area is 112 Å². The molecular weight excluding hydrogens is 248 g/mol. The van der Waals surface area contributed by atoms with Crippen molar-refractivity contribution in [1.82, 2.24) is 4.98 Å². The van der Waals surface area contributed by atoms with E-state index in [0.29, 0.717) is 5.92 Å². The number of aromatic nitrogens is 1. The van der Waals surface area contributed by atoms with E-state index < -0.39 is 0 Å². The van der Waals surface area contributed by atoms with Crippen LogP contribution in [0.25, 0.3) is 0 Å². The Balaban J connectivity index is 1.74. The molecule has 2 heterocycles. The van der Waals surface area contributed by atoms with Gasteiger partial charge in [-0.2, -0.15) is 0 Å². The highest BCUT2D eigenvalue weighted by Crippen LogP contribution is 2.38. The van der Waals surface area contributed by atoms with Gasteiger partial charge in [0.2, 0.25) is 0 Å². The topological polar surface area (TPSA) is 45.6 Å². The SMILES string of the molecule is COCC1CCN(c2nc3c(s2)C(O)CCC3)C1. The zero-order chi connectivity index (χ0) is 12.5. The second-order valence-corrected chi connectivity index (χ2v) is 6.28. The van der Waals surface area contributed by atoms with Crippen LogP contribution in [-0.4, -0.2) is 36.9 Å². The lowest BCUT2D eigenvalue weighted by molar-refractivity contribution is 0.160. The molecule has 1 aromatic rings. The first-order valence-corrected chi connectivity index (χ1v) is 7.51. The second kappa shape index (κ2) is 5.15. The quantitative estimate of drug-likeness (QED) is 0.910. The van der Waals surface area contributed by atoms with Gasteiger partial charge in [-0.15, -0.1) is 0 Å². The van der Waals surface area contributed by atoms with E-state index >= 15 is 0 Å². The summed E-state index contributed by atoms with van der Waals surface area (Å²) in [7, 11) is 1.76. The van der Waals surface area contributed by atoms with Crippen molar-refractivity contribution in [3.8, 4) is 0 Å². The Morgan fingerprint density at radius 2 is 2.39 bits per heavy atom. The molecule has 1 fully saturated rings. The van der Waals surface area contributed by atoms with Gasteiger partial charge in [0.05, 0.1) is 23.3 Å². The number of ether oxygens (including phenoxy) is 1. The third-order valence-electron chi connectivity index (χ3n) is 3.87. The van der Waals surface area contributed by atoms with Gasteiger partial charge in [-0.05, 0) is 25.7 Å². The Morgan fingerprint density at radius 1 is 1.50 bits per heavy atom. The van der Waals surface area contributed by atoms with Crippen molar-refractivity contribution >= 4 is 16.5 Å². The van der Waals surface area contributed by atoms with Crippen molar-refractivity contribution in [3.05, 3.63) is 10.6 Å². The number of aryl methyl sites for hydroxylation is 1. The van der Waals surface area contributed by atoms with Gasteiger partial charge in [-0.25, -0.2) is 4.98 Å². The van der Waals surface area contributed by atoms with E-state index in [1.807, 2.05) is 0 Å². The lowest BCUT2D eigenvalue weighted by Crippen LogP contribution is -2.20. The first-order valence-electron chi connectivity index (χ1n) is 6.69. The second-order valence-electron chi connectivity index (χ2n) is 5.27. The van der Waals surface area contributed by atoms with Crippen LogP contribution < -0.4 is 4.90 Å². The summed E-state index contributed by atoms with van der Waals surface area (Å²) in [5, 5.41) is 11.1. The summed E-state index contributed by atoms with van der Waals surface area (Å²) in [6, 6.07) is 0. The summed E-state index contributed by atoms with van der Waals surface area (Å²) in [6.07, 6.45) is 3.88. The number of aliphatic hydroxyl groups excluding tert-OH is 1. The number of rotatable bonds is 3. The number of anilines is 1. The molecule has 18 heavy (non-hydrogen) atoms. The molecule has 2 unspecified atom stereocenters. The molecule has 0 bridgehead atoms. The maximum absolute atomic E-state index is 9.99. The molecule has 0 spiro atoms. The highest BCUT2D eigenvalue weighted by molar-refractivity contribution is 7.15. The maximum atomic E-state index is 9.99. The number of fused-ring (bicyclic) bond motifs is 1. The highest BCUT2D eigenvalue weighted by Gasteiger charge is 2.28. The minimum absolute atomic E-state index is 0.280. The largest absolute Gasteiger partial charge is 0.388 e. The predicted molar refractivity (Wildman–Crippen MR) is 72.2 cm³/mol. The molecule has 5 heteroatoms. The molecule has 0 aromatic carbocycles. The minimum Gasteiger partial charge on any atom is -0.388 e. The molecule has 2 atom stereocenters. The highest BCUT2D eigenvalue weighted by atomic mass is 32.1. The molecule has 3 rings (SSSR count). The average molecular weight is 268 g/mol. The van der Waals surface area contributed by atoms with Crippen LogP contribution >= 0.6 is 11.3 Å². The van der Waals surface area contributed by atoms with Crippen molar-refractivity contribution in [2.45, 2.75) is 31.8 Å². The fourth-order valence-corrected chi connectivity index (χ4v) is 4.06. The fourth-order valence-electron chi connectivity index (χ4n) is 2.90.